The van der Waals surface area contributed by atoms with Crippen LogP contribution in [0.2, 0.25) is 0 Å². The zero-order valence-electron chi connectivity index (χ0n) is 12.7. The van der Waals surface area contributed by atoms with E-state index in [4.69, 9.17) is 4.74 Å². The molecule has 0 saturated heterocycles. The summed E-state index contributed by atoms with van der Waals surface area (Å²) in [6.45, 7) is 1.97. The molecule has 2 aliphatic heterocycles. The summed E-state index contributed by atoms with van der Waals surface area (Å²) in [6, 6.07) is 11.9. The van der Waals surface area contributed by atoms with Crippen LogP contribution in [0.25, 0.3) is 0 Å². The number of anilines is 2. The Hall–Kier alpha value is -3.35. The summed E-state index contributed by atoms with van der Waals surface area (Å²) in [5.74, 6) is 0.115. The molecule has 0 saturated carbocycles. The van der Waals surface area contributed by atoms with Crippen LogP contribution in [0.4, 0.5) is 17.1 Å². The Bertz CT molecular complexity index is 903. The predicted molar refractivity (Wildman–Crippen MR) is 87.4 cm³/mol. The number of nitrogens with zero attached hydrogens (tertiary/aromatic N) is 1. The van der Waals surface area contributed by atoms with E-state index in [1.807, 2.05) is 31.2 Å². The molecule has 0 radical (unpaired) electrons. The van der Waals surface area contributed by atoms with Crippen LogP contribution in [0.15, 0.2) is 54.0 Å². The average molecular weight is 323 g/mol. The first-order chi connectivity index (χ1) is 11.5. The number of non-ortho nitro benzene ring substituents is 1. The molecule has 0 fully saturated rings. The highest BCUT2D eigenvalue weighted by Gasteiger charge is 2.39. The minimum Gasteiger partial charge on any atom is -0.461 e. The maximum absolute atomic E-state index is 12.6. The molecule has 0 amide bonds. The molecule has 2 aromatic carbocycles. The second-order valence-electron chi connectivity index (χ2n) is 5.71. The summed E-state index contributed by atoms with van der Waals surface area (Å²) in [7, 11) is 0. The Morgan fingerprint density at radius 1 is 1.08 bits per heavy atom. The number of hydrogen-bond acceptors (Lipinski definition) is 6. The average Bonchev–Trinajstić information content (AvgIpc) is 2.89. The van der Waals surface area contributed by atoms with Gasteiger partial charge in [-0.2, -0.15) is 0 Å². The Balaban J connectivity index is 1.64. The van der Waals surface area contributed by atoms with E-state index in [2.05, 4.69) is 10.6 Å². The zero-order chi connectivity index (χ0) is 16.8. The number of hydrogen-bond donors (Lipinski definition) is 2. The number of carbonyl (C=O) groups excluding carboxylic acids is 1. The third kappa shape index (κ3) is 2.18. The Kier molecular flexibility index (Phi) is 3.02. The molecule has 2 heterocycles. The van der Waals surface area contributed by atoms with Crippen molar-refractivity contribution in [3.8, 4) is 0 Å². The molecule has 120 valence electrons. The molecule has 0 spiro atoms. The van der Waals surface area contributed by atoms with Crippen molar-refractivity contribution in [2.75, 3.05) is 10.6 Å². The Labute approximate surface area is 137 Å². The highest BCUT2D eigenvalue weighted by atomic mass is 16.6. The fourth-order valence-corrected chi connectivity index (χ4v) is 2.76. The number of benzene rings is 2. The minimum atomic E-state index is -0.722. The van der Waals surface area contributed by atoms with Gasteiger partial charge in [-0.05, 0) is 13.0 Å². The van der Waals surface area contributed by atoms with Crippen LogP contribution in [0, 0.1) is 17.0 Å². The van der Waals surface area contributed by atoms with E-state index in [-0.39, 0.29) is 11.5 Å². The van der Waals surface area contributed by atoms with Gasteiger partial charge in [-0.1, -0.05) is 29.8 Å². The van der Waals surface area contributed by atoms with Crippen molar-refractivity contribution in [3.05, 3.63) is 75.3 Å². The predicted octanol–water partition coefficient (Wildman–Crippen LogP) is 3.25. The topological polar surface area (TPSA) is 93.5 Å². The fourth-order valence-electron chi connectivity index (χ4n) is 2.76. The first kappa shape index (κ1) is 14.3. The van der Waals surface area contributed by atoms with Crippen LogP contribution in [-0.2, 0) is 9.53 Å². The van der Waals surface area contributed by atoms with E-state index >= 15 is 0 Å². The van der Waals surface area contributed by atoms with Crippen LogP contribution >= 0.6 is 0 Å². The molecule has 4 rings (SSSR count). The third-order valence-corrected chi connectivity index (χ3v) is 4.05. The van der Waals surface area contributed by atoms with Crippen molar-refractivity contribution in [1.29, 1.82) is 0 Å². The smallest absolute Gasteiger partial charge is 0.271 e. The number of nitrogens with one attached hydrogen (secondary N) is 2. The molecule has 7 nitrogen and oxygen atoms in total. The van der Waals surface area contributed by atoms with E-state index in [0.717, 1.165) is 11.1 Å². The Morgan fingerprint density at radius 2 is 1.83 bits per heavy atom. The van der Waals surface area contributed by atoms with E-state index in [1.54, 1.807) is 6.07 Å². The second-order valence-corrected chi connectivity index (χ2v) is 5.71. The number of ether oxygens (including phenoxy) is 1. The van der Waals surface area contributed by atoms with Crippen molar-refractivity contribution in [1.82, 2.24) is 0 Å². The highest BCUT2D eigenvalue weighted by Crippen LogP contribution is 2.40. The lowest BCUT2D eigenvalue weighted by molar-refractivity contribution is -0.384. The first-order valence-electron chi connectivity index (χ1n) is 7.37. The van der Waals surface area contributed by atoms with Crippen LogP contribution in [0.1, 0.15) is 17.2 Å². The summed E-state index contributed by atoms with van der Waals surface area (Å²) >= 11 is 0. The highest BCUT2D eigenvalue weighted by molar-refractivity contribution is 6.06. The number of ketones is 1. The molecule has 0 aromatic heterocycles. The standard InChI is InChI=1S/C17H13N3O4/c1-9-2-4-10(5-3-9)16-15(21)14-17(24-16)19-13-8-11(20(22)23)6-7-12(13)18-14/h2-8,16,18-19H,1H3/t16-/m1/s1. The maximum Gasteiger partial charge on any atom is 0.271 e. The van der Waals surface area contributed by atoms with Gasteiger partial charge in [-0.15, -0.1) is 0 Å². The lowest BCUT2D eigenvalue weighted by Gasteiger charge is -2.19. The van der Waals surface area contributed by atoms with E-state index in [9.17, 15) is 14.9 Å². The number of nitro benzene ring substituents is 1. The number of rotatable bonds is 2. The monoisotopic (exact) mass is 323 g/mol. The van der Waals surface area contributed by atoms with Gasteiger partial charge in [0.2, 0.25) is 11.7 Å². The van der Waals surface area contributed by atoms with Gasteiger partial charge in [-0.25, -0.2) is 0 Å². The van der Waals surface area contributed by atoms with Gasteiger partial charge in [0.15, 0.2) is 6.10 Å². The van der Waals surface area contributed by atoms with Crippen molar-refractivity contribution in [2.45, 2.75) is 13.0 Å². The molecule has 0 bridgehead atoms. The maximum atomic E-state index is 12.6. The van der Waals surface area contributed by atoms with E-state index < -0.39 is 11.0 Å². The third-order valence-electron chi connectivity index (χ3n) is 4.05. The van der Waals surface area contributed by atoms with Gasteiger partial charge in [0.05, 0.1) is 16.3 Å². The lowest BCUT2D eigenvalue weighted by Crippen LogP contribution is -2.18. The van der Waals surface area contributed by atoms with Gasteiger partial charge >= 0.3 is 0 Å². The number of Topliss-reactive ketones (excluding diaryl/α,β-unsaturated/α-hetero) is 1. The van der Waals surface area contributed by atoms with E-state index in [1.165, 1.54) is 12.1 Å². The van der Waals surface area contributed by atoms with Crippen LogP contribution in [-0.4, -0.2) is 10.7 Å². The summed E-state index contributed by atoms with van der Waals surface area (Å²) in [5, 5.41) is 16.9. The SMILES string of the molecule is Cc1ccc([C@H]2OC3=C(Nc4ccc([N+](=O)[O-])cc4N3)C2=O)cc1. The van der Waals surface area contributed by atoms with E-state index in [0.29, 0.717) is 23.0 Å². The van der Waals surface area contributed by atoms with Crippen LogP contribution < -0.4 is 10.6 Å². The summed E-state index contributed by atoms with van der Waals surface area (Å²) in [6.07, 6.45) is -0.722. The summed E-state index contributed by atoms with van der Waals surface area (Å²) in [4.78, 5) is 23.0. The summed E-state index contributed by atoms with van der Waals surface area (Å²) < 4.78 is 5.75. The minimum absolute atomic E-state index is 0.0356. The second kappa shape index (κ2) is 5.09. The zero-order valence-corrected chi connectivity index (χ0v) is 12.7. The molecular formula is C17H13N3O4. The van der Waals surface area contributed by atoms with Crippen LogP contribution in [0.5, 0.6) is 0 Å². The van der Waals surface area contributed by atoms with Gasteiger partial charge in [0.25, 0.3) is 5.69 Å². The van der Waals surface area contributed by atoms with Crippen molar-refractivity contribution in [2.24, 2.45) is 0 Å². The number of carbonyl (C=O) groups is 1. The quantitative estimate of drug-likeness (QED) is 0.651. The fraction of sp³-hybridized carbons (Fsp3) is 0.118. The molecule has 24 heavy (non-hydrogen) atoms. The molecule has 1 atom stereocenters. The number of aryl methyl sites for hydroxylation is 1. The Morgan fingerprint density at radius 3 is 2.54 bits per heavy atom. The van der Waals surface area contributed by atoms with Gasteiger partial charge in [0.1, 0.15) is 5.70 Å². The molecule has 2 N–H and O–H groups in total. The van der Waals surface area contributed by atoms with Crippen molar-refractivity contribution < 1.29 is 14.5 Å². The normalized spacial score (nSPS) is 18.2. The summed E-state index contributed by atoms with van der Waals surface area (Å²) in [5.41, 5.74) is 3.26. The lowest BCUT2D eigenvalue weighted by atomic mass is 10.0. The molecule has 2 aromatic rings. The molecule has 2 aliphatic rings. The molecule has 7 heteroatoms. The first-order valence-corrected chi connectivity index (χ1v) is 7.37. The van der Waals surface area contributed by atoms with Gasteiger partial charge in [0, 0.05) is 17.7 Å². The largest absolute Gasteiger partial charge is 0.461 e. The van der Waals surface area contributed by atoms with Crippen molar-refractivity contribution >= 4 is 22.8 Å². The number of fused-ring (bicyclic) bond motifs is 1. The number of nitro groups is 1. The van der Waals surface area contributed by atoms with Crippen LogP contribution in [0.3, 0.4) is 0 Å². The molecule has 0 unspecified atom stereocenters. The molecule has 0 aliphatic carbocycles. The van der Waals surface area contributed by atoms with Gasteiger partial charge in [-0.3, -0.25) is 14.9 Å². The molecular weight excluding hydrogens is 310 g/mol. The van der Waals surface area contributed by atoms with Crippen molar-refractivity contribution in [3.63, 3.8) is 0 Å². The van der Waals surface area contributed by atoms with Gasteiger partial charge < -0.3 is 15.4 Å².